The van der Waals surface area contributed by atoms with E-state index in [2.05, 4.69) is 24.3 Å². The molecule has 0 radical (unpaired) electrons. The summed E-state index contributed by atoms with van der Waals surface area (Å²) in [4.78, 5) is 2.13. The molecule has 0 saturated carbocycles. The zero-order chi connectivity index (χ0) is 11.0. The molecule has 2 unspecified atom stereocenters. The van der Waals surface area contributed by atoms with Gasteiger partial charge in [0.15, 0.2) is 0 Å². The van der Waals surface area contributed by atoms with E-state index in [-0.39, 0.29) is 11.5 Å². The molecular weight excluding hydrogens is 174 g/mol. The lowest BCUT2D eigenvalue weighted by molar-refractivity contribution is -0.0829. The van der Waals surface area contributed by atoms with E-state index < -0.39 is 5.60 Å². The Balaban J connectivity index is 2.97. The number of aliphatic hydroxyl groups is 1. The Morgan fingerprint density at radius 3 is 2.64 bits per heavy atom. The Morgan fingerprint density at radius 1 is 1.64 bits per heavy atom. The second-order valence-electron chi connectivity index (χ2n) is 4.80. The molecule has 1 N–H and O–H groups in total. The molecule has 0 amide bonds. The van der Waals surface area contributed by atoms with E-state index in [1.165, 1.54) is 0 Å². The predicted molar refractivity (Wildman–Crippen MR) is 58.5 cm³/mol. The van der Waals surface area contributed by atoms with Crippen molar-refractivity contribution in [2.24, 2.45) is 5.41 Å². The Morgan fingerprint density at radius 2 is 2.21 bits per heavy atom. The molecule has 0 aromatic rings. The van der Waals surface area contributed by atoms with Crippen molar-refractivity contribution in [3.63, 3.8) is 0 Å². The highest BCUT2D eigenvalue weighted by Crippen LogP contribution is 2.40. The van der Waals surface area contributed by atoms with Gasteiger partial charge in [0.2, 0.25) is 0 Å². The third kappa shape index (κ3) is 1.53. The quantitative estimate of drug-likeness (QED) is 0.640. The summed E-state index contributed by atoms with van der Waals surface area (Å²) in [7, 11) is 0. The number of hydrogen-bond acceptors (Lipinski definition) is 2. The van der Waals surface area contributed by atoms with E-state index in [9.17, 15) is 5.11 Å². The molecule has 14 heavy (non-hydrogen) atoms. The van der Waals surface area contributed by atoms with Gasteiger partial charge in [-0.3, -0.25) is 0 Å². The first-order chi connectivity index (χ1) is 6.36. The Kier molecular flexibility index (Phi) is 2.65. The first-order valence-corrected chi connectivity index (χ1v) is 4.95. The lowest BCUT2D eigenvalue weighted by atomic mass is 9.68. The fourth-order valence-electron chi connectivity index (χ4n) is 2.06. The maximum absolute atomic E-state index is 10.3. The van der Waals surface area contributed by atoms with E-state index in [1.807, 2.05) is 20.0 Å². The second kappa shape index (κ2) is 3.33. The van der Waals surface area contributed by atoms with Crippen molar-refractivity contribution in [2.75, 3.05) is 6.54 Å². The van der Waals surface area contributed by atoms with Crippen molar-refractivity contribution < 1.29 is 5.11 Å². The van der Waals surface area contributed by atoms with Gasteiger partial charge in [-0.1, -0.05) is 26.3 Å². The Bertz CT molecular complexity index is 277. The van der Waals surface area contributed by atoms with Crippen molar-refractivity contribution in [3.8, 4) is 12.3 Å². The monoisotopic (exact) mass is 193 g/mol. The number of nitrogens with zero attached hydrogens (tertiary/aromatic N) is 1. The van der Waals surface area contributed by atoms with Crippen LogP contribution in [-0.2, 0) is 0 Å². The number of likely N-dealkylation sites (tertiary alicyclic amines) is 1. The average Bonchev–Trinajstić information content (AvgIpc) is 2.11. The summed E-state index contributed by atoms with van der Waals surface area (Å²) in [5.41, 5.74) is -1.28. The van der Waals surface area contributed by atoms with Crippen LogP contribution in [0.1, 0.15) is 27.2 Å². The van der Waals surface area contributed by atoms with Crippen molar-refractivity contribution in [2.45, 2.75) is 38.8 Å². The lowest BCUT2D eigenvalue weighted by Crippen LogP contribution is -2.58. The summed E-state index contributed by atoms with van der Waals surface area (Å²) in [6.07, 6.45) is 7.84. The zero-order valence-corrected chi connectivity index (χ0v) is 9.25. The molecule has 0 aliphatic carbocycles. The van der Waals surface area contributed by atoms with E-state index in [1.54, 1.807) is 0 Å². The molecule has 1 aliphatic rings. The van der Waals surface area contributed by atoms with Crippen LogP contribution in [0.5, 0.6) is 0 Å². The molecule has 1 heterocycles. The van der Waals surface area contributed by atoms with E-state index in [0.717, 1.165) is 6.54 Å². The minimum absolute atomic E-state index is 0.251. The summed E-state index contributed by atoms with van der Waals surface area (Å²) >= 11 is 0. The third-order valence-corrected chi connectivity index (χ3v) is 3.33. The van der Waals surface area contributed by atoms with Crippen LogP contribution >= 0.6 is 0 Å². The molecular formula is C12H19NO. The average molecular weight is 193 g/mol. The first kappa shape index (κ1) is 11.1. The minimum atomic E-state index is -0.994. The highest BCUT2D eigenvalue weighted by molar-refractivity contribution is 5.18. The summed E-state index contributed by atoms with van der Waals surface area (Å²) in [6.45, 7) is 10.6. The third-order valence-electron chi connectivity index (χ3n) is 3.33. The van der Waals surface area contributed by atoms with Gasteiger partial charge in [-0.05, 0) is 13.1 Å². The Hall–Kier alpha value is -0.940. The van der Waals surface area contributed by atoms with Gasteiger partial charge in [0.05, 0.1) is 0 Å². The molecule has 2 nitrogen and oxygen atoms in total. The van der Waals surface area contributed by atoms with Gasteiger partial charge in [0, 0.05) is 24.4 Å². The van der Waals surface area contributed by atoms with Gasteiger partial charge >= 0.3 is 0 Å². The highest BCUT2D eigenvalue weighted by atomic mass is 16.3. The topological polar surface area (TPSA) is 23.5 Å². The lowest BCUT2D eigenvalue weighted by Gasteiger charge is -2.50. The molecule has 0 aromatic heterocycles. The van der Waals surface area contributed by atoms with Crippen LogP contribution < -0.4 is 0 Å². The molecule has 1 rings (SSSR count). The van der Waals surface area contributed by atoms with Crippen LogP contribution in [0.3, 0.4) is 0 Å². The van der Waals surface area contributed by atoms with Crippen LogP contribution in [0.2, 0.25) is 0 Å². The van der Waals surface area contributed by atoms with Crippen LogP contribution in [0.25, 0.3) is 0 Å². The standard InChI is InChI=1S/C12H19NO/c1-6-12(14)8-10(3)13(7-2)9-11(12,4)5/h1,7,10,14H,2,8-9H2,3-5H3. The fourth-order valence-corrected chi connectivity index (χ4v) is 2.06. The van der Waals surface area contributed by atoms with Gasteiger partial charge in [-0.15, -0.1) is 6.42 Å². The van der Waals surface area contributed by atoms with Crippen molar-refractivity contribution in [1.82, 2.24) is 4.90 Å². The van der Waals surface area contributed by atoms with Crippen LogP contribution in [0.4, 0.5) is 0 Å². The van der Waals surface area contributed by atoms with Crippen LogP contribution in [0.15, 0.2) is 12.8 Å². The highest BCUT2D eigenvalue weighted by Gasteiger charge is 2.48. The van der Waals surface area contributed by atoms with Gasteiger partial charge < -0.3 is 10.0 Å². The maximum Gasteiger partial charge on any atom is 0.133 e. The predicted octanol–water partition coefficient (Wildman–Crippen LogP) is 1.61. The second-order valence-corrected chi connectivity index (χ2v) is 4.80. The minimum Gasteiger partial charge on any atom is -0.377 e. The van der Waals surface area contributed by atoms with Crippen molar-refractivity contribution in [1.29, 1.82) is 0 Å². The van der Waals surface area contributed by atoms with Gasteiger partial charge in [0.25, 0.3) is 0 Å². The maximum atomic E-state index is 10.3. The molecule has 0 spiro atoms. The molecule has 2 atom stereocenters. The molecule has 0 bridgehead atoms. The molecule has 1 aliphatic heterocycles. The van der Waals surface area contributed by atoms with Gasteiger partial charge in [-0.25, -0.2) is 0 Å². The molecule has 2 heteroatoms. The smallest absolute Gasteiger partial charge is 0.133 e. The van der Waals surface area contributed by atoms with Crippen LogP contribution in [-0.4, -0.2) is 28.2 Å². The fraction of sp³-hybridized carbons (Fsp3) is 0.667. The van der Waals surface area contributed by atoms with E-state index in [4.69, 9.17) is 6.42 Å². The first-order valence-electron chi connectivity index (χ1n) is 4.95. The zero-order valence-electron chi connectivity index (χ0n) is 9.25. The van der Waals surface area contributed by atoms with Crippen molar-refractivity contribution >= 4 is 0 Å². The van der Waals surface area contributed by atoms with Gasteiger partial charge in [-0.2, -0.15) is 0 Å². The normalized spacial score (nSPS) is 36.2. The SMILES string of the molecule is C#CC1(O)CC(C)N(C=C)CC1(C)C. The number of rotatable bonds is 1. The number of terminal acetylenes is 1. The molecule has 1 saturated heterocycles. The van der Waals surface area contributed by atoms with Crippen LogP contribution in [0, 0.1) is 17.8 Å². The van der Waals surface area contributed by atoms with E-state index in [0.29, 0.717) is 6.42 Å². The van der Waals surface area contributed by atoms with Gasteiger partial charge in [0.1, 0.15) is 5.60 Å². The summed E-state index contributed by atoms with van der Waals surface area (Å²) < 4.78 is 0. The largest absolute Gasteiger partial charge is 0.377 e. The molecule has 1 fully saturated rings. The molecule has 0 aromatic carbocycles. The van der Waals surface area contributed by atoms with E-state index >= 15 is 0 Å². The number of hydrogen-bond donors (Lipinski definition) is 1. The number of piperidine rings is 1. The summed E-state index contributed by atoms with van der Waals surface area (Å²) in [6, 6.07) is 0.251. The van der Waals surface area contributed by atoms with Crippen molar-refractivity contribution in [3.05, 3.63) is 12.8 Å². The molecule has 78 valence electrons. The summed E-state index contributed by atoms with van der Waals surface area (Å²) in [5.74, 6) is 2.54. The summed E-state index contributed by atoms with van der Waals surface area (Å²) in [5, 5.41) is 10.3. The Labute approximate surface area is 86.6 Å².